The molecule has 1 saturated heterocycles. The second kappa shape index (κ2) is 2.98. The van der Waals surface area contributed by atoms with Gasteiger partial charge in [0.25, 0.3) is 0 Å². The quantitative estimate of drug-likeness (QED) is 0.423. The molecule has 0 spiro atoms. The standard InChI is InChI=1S/C6H12N2O2/c7-6(10)5-3-4(9)1-2-8-5/h4-5,8-9H,1-3H2,(H2,7,10)/t4-,5+/m1/s1. The van der Waals surface area contributed by atoms with Gasteiger partial charge in [0.15, 0.2) is 0 Å². The average molecular weight is 144 g/mol. The minimum absolute atomic E-state index is 0.330. The maximum atomic E-state index is 10.5. The van der Waals surface area contributed by atoms with Gasteiger partial charge in [0, 0.05) is 0 Å². The van der Waals surface area contributed by atoms with E-state index in [0.717, 1.165) is 0 Å². The van der Waals surface area contributed by atoms with Crippen molar-refractivity contribution in [3.8, 4) is 0 Å². The molecule has 0 unspecified atom stereocenters. The van der Waals surface area contributed by atoms with Crippen LogP contribution in [0.5, 0.6) is 0 Å². The molecule has 0 aliphatic carbocycles. The number of hydrogen-bond donors (Lipinski definition) is 3. The van der Waals surface area contributed by atoms with E-state index in [1.807, 2.05) is 0 Å². The monoisotopic (exact) mass is 144 g/mol. The number of rotatable bonds is 1. The number of carbonyl (C=O) groups excluding carboxylic acids is 1. The first kappa shape index (κ1) is 7.50. The first-order valence-corrected chi connectivity index (χ1v) is 3.41. The molecule has 4 N–H and O–H groups in total. The zero-order chi connectivity index (χ0) is 7.56. The van der Waals surface area contributed by atoms with Gasteiger partial charge in [-0.05, 0) is 19.4 Å². The van der Waals surface area contributed by atoms with Crippen LogP contribution in [-0.2, 0) is 4.79 Å². The van der Waals surface area contributed by atoms with Gasteiger partial charge in [-0.3, -0.25) is 4.79 Å². The zero-order valence-electron chi connectivity index (χ0n) is 5.71. The van der Waals surface area contributed by atoms with Crippen LogP contribution in [0.4, 0.5) is 0 Å². The van der Waals surface area contributed by atoms with Gasteiger partial charge >= 0.3 is 0 Å². The van der Waals surface area contributed by atoms with E-state index in [-0.39, 0.29) is 18.1 Å². The predicted octanol–water partition coefficient (Wildman–Crippen LogP) is -1.42. The second-order valence-corrected chi connectivity index (χ2v) is 2.59. The highest BCUT2D eigenvalue weighted by atomic mass is 16.3. The maximum absolute atomic E-state index is 10.5. The van der Waals surface area contributed by atoms with Crippen molar-refractivity contribution in [2.45, 2.75) is 25.0 Å². The summed E-state index contributed by atoms with van der Waals surface area (Å²) in [7, 11) is 0. The molecule has 0 aromatic rings. The Balaban J connectivity index is 2.39. The molecule has 0 radical (unpaired) electrons. The molecular weight excluding hydrogens is 132 g/mol. The molecule has 1 amide bonds. The van der Waals surface area contributed by atoms with Gasteiger partial charge in [0.1, 0.15) is 0 Å². The largest absolute Gasteiger partial charge is 0.393 e. The molecule has 2 atom stereocenters. The number of aliphatic hydroxyl groups is 1. The minimum Gasteiger partial charge on any atom is -0.393 e. The van der Waals surface area contributed by atoms with E-state index in [0.29, 0.717) is 19.4 Å². The third-order valence-electron chi connectivity index (χ3n) is 1.72. The van der Waals surface area contributed by atoms with Gasteiger partial charge in [-0.1, -0.05) is 0 Å². The predicted molar refractivity (Wildman–Crippen MR) is 36.2 cm³/mol. The Morgan fingerprint density at radius 2 is 2.40 bits per heavy atom. The van der Waals surface area contributed by atoms with Crippen LogP contribution in [-0.4, -0.2) is 29.7 Å². The van der Waals surface area contributed by atoms with Crippen LogP contribution in [0.3, 0.4) is 0 Å². The van der Waals surface area contributed by atoms with Crippen molar-refractivity contribution in [3.63, 3.8) is 0 Å². The van der Waals surface area contributed by atoms with Crippen LogP contribution >= 0.6 is 0 Å². The molecule has 0 aromatic carbocycles. The fraction of sp³-hybridized carbons (Fsp3) is 0.833. The highest BCUT2D eigenvalue weighted by molar-refractivity contribution is 5.79. The normalized spacial score (nSPS) is 33.7. The molecule has 1 aliphatic heterocycles. The molecular formula is C6H12N2O2. The molecule has 1 heterocycles. The van der Waals surface area contributed by atoms with E-state index in [2.05, 4.69) is 5.32 Å². The summed E-state index contributed by atoms with van der Waals surface area (Å²) in [6.07, 6.45) is 0.804. The summed E-state index contributed by atoms with van der Waals surface area (Å²) in [5.74, 6) is -0.376. The van der Waals surface area contributed by atoms with Crippen LogP contribution in [0.2, 0.25) is 0 Å². The van der Waals surface area contributed by atoms with Crippen molar-refractivity contribution < 1.29 is 9.90 Å². The van der Waals surface area contributed by atoms with Crippen molar-refractivity contribution in [3.05, 3.63) is 0 Å². The van der Waals surface area contributed by atoms with E-state index in [9.17, 15) is 4.79 Å². The SMILES string of the molecule is NC(=O)[C@@H]1C[C@H](O)CCN1. The number of nitrogens with two attached hydrogens (primary N) is 1. The second-order valence-electron chi connectivity index (χ2n) is 2.59. The highest BCUT2D eigenvalue weighted by Gasteiger charge is 2.22. The molecule has 10 heavy (non-hydrogen) atoms. The molecule has 1 rings (SSSR count). The van der Waals surface area contributed by atoms with Gasteiger partial charge in [0.2, 0.25) is 5.91 Å². The van der Waals surface area contributed by atoms with Crippen molar-refractivity contribution in [2.24, 2.45) is 5.73 Å². The van der Waals surface area contributed by atoms with Gasteiger partial charge in [-0.15, -0.1) is 0 Å². The molecule has 0 saturated carbocycles. The average Bonchev–Trinajstić information content (AvgIpc) is 1.88. The van der Waals surface area contributed by atoms with Crippen molar-refractivity contribution in [1.29, 1.82) is 0 Å². The number of nitrogens with one attached hydrogen (secondary N) is 1. The Kier molecular flexibility index (Phi) is 2.24. The summed E-state index contributed by atoms with van der Waals surface area (Å²) in [6.45, 7) is 0.675. The van der Waals surface area contributed by atoms with Crippen LogP contribution in [0.25, 0.3) is 0 Å². The highest BCUT2D eigenvalue weighted by Crippen LogP contribution is 2.06. The summed E-state index contributed by atoms with van der Waals surface area (Å²) >= 11 is 0. The summed E-state index contributed by atoms with van der Waals surface area (Å²) in [6, 6.07) is -0.330. The molecule has 4 heteroatoms. The fourth-order valence-electron chi connectivity index (χ4n) is 1.11. The topological polar surface area (TPSA) is 75.4 Å². The number of aliphatic hydroxyl groups excluding tert-OH is 1. The van der Waals surface area contributed by atoms with Crippen molar-refractivity contribution >= 4 is 5.91 Å². The van der Waals surface area contributed by atoms with Crippen LogP contribution in [0, 0.1) is 0 Å². The zero-order valence-corrected chi connectivity index (χ0v) is 5.71. The first-order valence-electron chi connectivity index (χ1n) is 3.41. The Labute approximate surface area is 59.4 Å². The van der Waals surface area contributed by atoms with E-state index in [1.165, 1.54) is 0 Å². The molecule has 0 bridgehead atoms. The summed E-state index contributed by atoms with van der Waals surface area (Å²) in [5.41, 5.74) is 5.02. The van der Waals surface area contributed by atoms with Crippen molar-refractivity contribution in [1.82, 2.24) is 5.32 Å². The number of amides is 1. The Hall–Kier alpha value is -0.610. The molecule has 0 aromatic heterocycles. The molecule has 58 valence electrons. The summed E-state index contributed by atoms with van der Waals surface area (Å²) in [4.78, 5) is 10.5. The molecule has 1 aliphatic rings. The fourth-order valence-corrected chi connectivity index (χ4v) is 1.11. The minimum atomic E-state index is -0.376. The lowest BCUT2D eigenvalue weighted by molar-refractivity contribution is -0.121. The number of piperidine rings is 1. The lowest BCUT2D eigenvalue weighted by atomic mass is 10.0. The molecule has 1 fully saturated rings. The summed E-state index contributed by atoms with van der Waals surface area (Å²) in [5, 5.41) is 12.0. The van der Waals surface area contributed by atoms with E-state index in [4.69, 9.17) is 10.8 Å². The number of carbonyl (C=O) groups is 1. The van der Waals surface area contributed by atoms with Crippen LogP contribution < -0.4 is 11.1 Å². The summed E-state index contributed by atoms with van der Waals surface area (Å²) < 4.78 is 0. The van der Waals surface area contributed by atoms with E-state index < -0.39 is 0 Å². The van der Waals surface area contributed by atoms with E-state index >= 15 is 0 Å². The Bertz CT molecular complexity index is 138. The van der Waals surface area contributed by atoms with Gasteiger partial charge in [0.05, 0.1) is 12.1 Å². The van der Waals surface area contributed by atoms with Gasteiger partial charge in [-0.2, -0.15) is 0 Å². The Morgan fingerprint density at radius 3 is 2.80 bits per heavy atom. The lowest BCUT2D eigenvalue weighted by Gasteiger charge is -2.24. The lowest BCUT2D eigenvalue weighted by Crippen LogP contribution is -2.48. The smallest absolute Gasteiger partial charge is 0.234 e. The Morgan fingerprint density at radius 1 is 1.70 bits per heavy atom. The van der Waals surface area contributed by atoms with Gasteiger partial charge < -0.3 is 16.2 Å². The maximum Gasteiger partial charge on any atom is 0.234 e. The third kappa shape index (κ3) is 1.68. The van der Waals surface area contributed by atoms with Crippen molar-refractivity contribution in [2.75, 3.05) is 6.54 Å². The van der Waals surface area contributed by atoms with Crippen LogP contribution in [0.15, 0.2) is 0 Å². The number of primary amides is 1. The first-order chi connectivity index (χ1) is 4.70. The van der Waals surface area contributed by atoms with Crippen LogP contribution in [0.1, 0.15) is 12.8 Å². The van der Waals surface area contributed by atoms with Gasteiger partial charge in [-0.25, -0.2) is 0 Å². The van der Waals surface area contributed by atoms with E-state index in [1.54, 1.807) is 0 Å². The third-order valence-corrected chi connectivity index (χ3v) is 1.72. The molecule has 4 nitrogen and oxygen atoms in total. The number of hydrogen-bond acceptors (Lipinski definition) is 3.